The Labute approximate surface area is 194 Å². The first-order valence-corrected chi connectivity index (χ1v) is 10.5. The van der Waals surface area contributed by atoms with E-state index in [0.29, 0.717) is 40.5 Å². The highest BCUT2D eigenvalue weighted by Gasteiger charge is 2.15. The minimum absolute atomic E-state index is 0.266. The van der Waals surface area contributed by atoms with Crippen LogP contribution in [0, 0.1) is 5.92 Å². The number of carbonyl (C=O) groups excluding carboxylic acids is 1. The summed E-state index contributed by atoms with van der Waals surface area (Å²) in [5, 5.41) is 9.47. The van der Waals surface area contributed by atoms with Crippen molar-refractivity contribution < 1.29 is 19.0 Å². The number of hydrogen-bond acceptors (Lipinski definition) is 6. The molecule has 1 heterocycles. The van der Waals surface area contributed by atoms with E-state index >= 15 is 0 Å². The first kappa shape index (κ1) is 24.9. The fourth-order valence-corrected chi connectivity index (χ4v) is 3.21. The molecule has 1 amide bonds. The molecule has 8 nitrogen and oxygen atoms in total. The van der Waals surface area contributed by atoms with Gasteiger partial charge in [-0.1, -0.05) is 19.9 Å². The lowest BCUT2D eigenvalue weighted by Gasteiger charge is -2.23. The number of amides is 1. The molecule has 1 aromatic heterocycles. The molecule has 1 atom stereocenters. The Morgan fingerprint density at radius 2 is 1.78 bits per heavy atom. The van der Waals surface area contributed by atoms with E-state index in [2.05, 4.69) is 34.8 Å². The van der Waals surface area contributed by atoms with Gasteiger partial charge in [-0.25, -0.2) is 4.98 Å². The Balaban J connectivity index is 2.06. The van der Waals surface area contributed by atoms with Crippen molar-refractivity contribution in [2.24, 2.45) is 5.92 Å². The van der Waals surface area contributed by atoms with Crippen LogP contribution in [-0.2, 0) is 4.79 Å². The Morgan fingerprint density at radius 3 is 2.31 bits per heavy atom. The molecule has 0 radical (unpaired) electrons. The SMILES string of the molecule is COc1cc(C=CC(=O)NC(CC(C)C)NC(=S)Nc2ccccn2)cc(OC)c1OC. The largest absolute Gasteiger partial charge is 0.493 e. The number of ether oxygens (including phenoxy) is 3. The summed E-state index contributed by atoms with van der Waals surface area (Å²) >= 11 is 5.37. The van der Waals surface area contributed by atoms with Crippen molar-refractivity contribution in [1.29, 1.82) is 0 Å². The summed E-state index contributed by atoms with van der Waals surface area (Å²) in [7, 11) is 4.63. The normalized spacial score (nSPS) is 11.7. The van der Waals surface area contributed by atoms with Crippen LogP contribution in [0.4, 0.5) is 5.82 Å². The molecule has 0 aliphatic carbocycles. The third-order valence-electron chi connectivity index (χ3n) is 4.35. The summed E-state index contributed by atoms with van der Waals surface area (Å²) in [4.78, 5) is 16.8. The van der Waals surface area contributed by atoms with Gasteiger partial charge in [-0.2, -0.15) is 0 Å². The molecule has 0 spiro atoms. The number of nitrogens with one attached hydrogen (secondary N) is 3. The van der Waals surface area contributed by atoms with E-state index in [0.717, 1.165) is 5.56 Å². The number of pyridine rings is 1. The van der Waals surface area contributed by atoms with E-state index in [4.69, 9.17) is 26.4 Å². The highest BCUT2D eigenvalue weighted by atomic mass is 32.1. The van der Waals surface area contributed by atoms with Crippen LogP contribution in [0.5, 0.6) is 17.2 Å². The van der Waals surface area contributed by atoms with Crippen LogP contribution in [0.15, 0.2) is 42.6 Å². The van der Waals surface area contributed by atoms with Gasteiger partial charge in [0.2, 0.25) is 11.7 Å². The summed E-state index contributed by atoms with van der Waals surface area (Å²) in [5.41, 5.74) is 0.732. The third kappa shape index (κ3) is 7.73. The fourth-order valence-electron chi connectivity index (χ4n) is 2.96. The van der Waals surface area contributed by atoms with Crippen molar-refractivity contribution in [3.8, 4) is 17.2 Å². The van der Waals surface area contributed by atoms with Crippen LogP contribution in [0.1, 0.15) is 25.8 Å². The van der Waals surface area contributed by atoms with Gasteiger partial charge in [0.25, 0.3) is 0 Å². The van der Waals surface area contributed by atoms with Gasteiger partial charge >= 0.3 is 0 Å². The number of carbonyl (C=O) groups is 1. The predicted octanol–water partition coefficient (Wildman–Crippen LogP) is 3.60. The Kier molecular flexibility index (Phi) is 9.75. The zero-order valence-electron chi connectivity index (χ0n) is 19.0. The first-order chi connectivity index (χ1) is 15.4. The molecule has 1 aromatic carbocycles. The van der Waals surface area contributed by atoms with Gasteiger partial charge in [0.1, 0.15) is 12.0 Å². The summed E-state index contributed by atoms with van der Waals surface area (Å²) in [6.45, 7) is 4.14. The molecule has 2 rings (SSSR count). The first-order valence-electron chi connectivity index (χ1n) is 10.1. The Bertz CT molecular complexity index is 910. The second-order valence-electron chi connectivity index (χ2n) is 7.30. The Hall–Kier alpha value is -3.33. The minimum atomic E-state index is -0.351. The summed E-state index contributed by atoms with van der Waals surface area (Å²) in [6.07, 6.45) is 5.14. The zero-order valence-corrected chi connectivity index (χ0v) is 19.8. The van der Waals surface area contributed by atoms with Crippen LogP contribution in [0.25, 0.3) is 6.08 Å². The molecule has 9 heteroatoms. The molecule has 172 valence electrons. The van der Waals surface area contributed by atoms with Crippen molar-refractivity contribution >= 4 is 35.1 Å². The van der Waals surface area contributed by atoms with E-state index in [9.17, 15) is 4.79 Å². The molecule has 0 bridgehead atoms. The number of nitrogens with zero attached hydrogens (tertiary/aromatic N) is 1. The van der Waals surface area contributed by atoms with E-state index in [1.54, 1.807) is 45.7 Å². The van der Waals surface area contributed by atoms with Crippen molar-refractivity contribution in [2.45, 2.75) is 26.4 Å². The molecule has 0 aliphatic rings. The molecule has 3 N–H and O–H groups in total. The fraction of sp³-hybridized carbons (Fsp3) is 0.348. The molecule has 1 unspecified atom stereocenters. The van der Waals surface area contributed by atoms with Gasteiger partial charge < -0.3 is 30.2 Å². The molecule has 0 aliphatic heterocycles. The average Bonchev–Trinajstić information content (AvgIpc) is 2.76. The standard InChI is InChI=1S/C23H30N4O4S/c1-15(2)12-20(27-23(32)26-19-8-6-7-11-24-19)25-21(28)10-9-16-13-17(29-3)22(31-5)18(14-16)30-4/h6-11,13-15,20H,12H2,1-5H3,(H,25,28)(H2,24,26,27,32). The van der Waals surface area contributed by atoms with Crippen LogP contribution < -0.4 is 30.2 Å². The van der Waals surface area contributed by atoms with Gasteiger partial charge in [0.05, 0.1) is 21.3 Å². The van der Waals surface area contributed by atoms with Gasteiger partial charge in [0, 0.05) is 12.3 Å². The lowest BCUT2D eigenvalue weighted by Crippen LogP contribution is -2.49. The number of anilines is 1. The topological polar surface area (TPSA) is 93.7 Å². The molecular weight excluding hydrogens is 428 g/mol. The molecule has 0 fully saturated rings. The van der Waals surface area contributed by atoms with E-state index in [-0.39, 0.29) is 12.1 Å². The maximum atomic E-state index is 12.6. The van der Waals surface area contributed by atoms with E-state index in [1.807, 2.05) is 18.2 Å². The lowest BCUT2D eigenvalue weighted by molar-refractivity contribution is -0.117. The van der Waals surface area contributed by atoms with E-state index in [1.165, 1.54) is 6.08 Å². The van der Waals surface area contributed by atoms with Crippen LogP contribution in [0.2, 0.25) is 0 Å². The average molecular weight is 459 g/mol. The van der Waals surface area contributed by atoms with Gasteiger partial charge in [-0.05, 0) is 60.5 Å². The van der Waals surface area contributed by atoms with Gasteiger partial charge in [-0.3, -0.25) is 4.79 Å². The highest BCUT2D eigenvalue weighted by Crippen LogP contribution is 2.38. The summed E-state index contributed by atoms with van der Waals surface area (Å²) in [6, 6.07) is 9.02. The highest BCUT2D eigenvalue weighted by molar-refractivity contribution is 7.80. The summed E-state index contributed by atoms with van der Waals surface area (Å²) < 4.78 is 16.0. The lowest BCUT2D eigenvalue weighted by atomic mass is 10.1. The number of methoxy groups -OCH3 is 3. The van der Waals surface area contributed by atoms with Crippen LogP contribution in [-0.4, -0.2) is 43.5 Å². The summed E-state index contributed by atoms with van der Waals surface area (Å²) in [5.74, 6) is 2.21. The Morgan fingerprint density at radius 1 is 1.09 bits per heavy atom. The second-order valence-corrected chi connectivity index (χ2v) is 7.70. The van der Waals surface area contributed by atoms with Crippen LogP contribution in [0.3, 0.4) is 0 Å². The number of hydrogen-bond donors (Lipinski definition) is 3. The van der Waals surface area contributed by atoms with Gasteiger partial charge in [-0.15, -0.1) is 0 Å². The maximum Gasteiger partial charge on any atom is 0.245 e. The van der Waals surface area contributed by atoms with Crippen molar-refractivity contribution in [3.05, 3.63) is 48.2 Å². The second kappa shape index (κ2) is 12.5. The van der Waals surface area contributed by atoms with Crippen molar-refractivity contribution in [2.75, 3.05) is 26.6 Å². The van der Waals surface area contributed by atoms with E-state index < -0.39 is 0 Å². The molecule has 2 aromatic rings. The molecule has 0 saturated heterocycles. The molecule has 0 saturated carbocycles. The molecular formula is C23H30N4O4S. The quantitative estimate of drug-likeness (QED) is 0.283. The monoisotopic (exact) mass is 458 g/mol. The van der Waals surface area contributed by atoms with Gasteiger partial charge in [0.15, 0.2) is 16.6 Å². The maximum absolute atomic E-state index is 12.6. The third-order valence-corrected chi connectivity index (χ3v) is 4.57. The number of rotatable bonds is 10. The predicted molar refractivity (Wildman–Crippen MR) is 130 cm³/mol. The molecule has 32 heavy (non-hydrogen) atoms. The minimum Gasteiger partial charge on any atom is -0.493 e. The zero-order chi connectivity index (χ0) is 23.5. The number of aromatic nitrogens is 1. The van der Waals surface area contributed by atoms with Crippen molar-refractivity contribution in [1.82, 2.24) is 15.6 Å². The van der Waals surface area contributed by atoms with Crippen LogP contribution >= 0.6 is 12.2 Å². The number of benzene rings is 1. The van der Waals surface area contributed by atoms with Crippen molar-refractivity contribution in [3.63, 3.8) is 0 Å². The smallest absolute Gasteiger partial charge is 0.245 e. The number of thiocarbonyl (C=S) groups is 1.